The summed E-state index contributed by atoms with van der Waals surface area (Å²) in [6.45, 7) is 0. The lowest BCUT2D eigenvalue weighted by Gasteiger charge is -2.28. The minimum Gasteiger partial charge on any atom is -0.354 e. The highest BCUT2D eigenvalue weighted by Crippen LogP contribution is 2.29. The quantitative estimate of drug-likeness (QED) is 0.258. The molecule has 0 aliphatic heterocycles. The molecule has 0 N–H and O–H groups in total. The summed E-state index contributed by atoms with van der Waals surface area (Å²) < 4.78 is 36.9. The zero-order valence-corrected chi connectivity index (χ0v) is 13.0. The predicted molar refractivity (Wildman–Crippen MR) is 68.4 cm³/mol. The van der Waals surface area contributed by atoms with Gasteiger partial charge in [-0.1, -0.05) is 18.2 Å². The molecular formula is C9H13N3O4SSi. The molecule has 0 heterocycles. The van der Waals surface area contributed by atoms with Crippen LogP contribution in [0.5, 0.6) is 0 Å². The fourth-order valence-corrected chi connectivity index (χ4v) is 3.05. The summed E-state index contributed by atoms with van der Waals surface area (Å²) >= 11 is 0. The molecule has 9 heteroatoms. The van der Waals surface area contributed by atoms with E-state index in [2.05, 4.69) is 9.43 Å². The molecule has 1 rings (SSSR count). The Balaban J connectivity index is 3.55. The number of ether oxygens (including phenoxy) is 2. The van der Waals surface area contributed by atoms with E-state index >= 15 is 0 Å². The van der Waals surface area contributed by atoms with E-state index in [0.717, 1.165) is 0 Å². The molecule has 18 heavy (non-hydrogen) atoms. The van der Waals surface area contributed by atoms with E-state index in [-0.39, 0.29) is 4.90 Å². The number of hydrogen-bond donors (Lipinski definition) is 0. The molecule has 0 saturated heterocycles. The van der Waals surface area contributed by atoms with Gasteiger partial charge in [-0.2, -0.15) is 0 Å². The van der Waals surface area contributed by atoms with Crippen molar-refractivity contribution >= 4 is 20.3 Å². The van der Waals surface area contributed by atoms with E-state index < -0.39 is 15.4 Å². The molecule has 1 aromatic carbocycles. The van der Waals surface area contributed by atoms with Crippen LogP contribution in [-0.4, -0.2) is 32.9 Å². The fourth-order valence-electron chi connectivity index (χ4n) is 1.46. The van der Waals surface area contributed by atoms with Gasteiger partial charge < -0.3 is 9.47 Å². The van der Waals surface area contributed by atoms with Crippen molar-refractivity contribution in [3.8, 4) is 0 Å². The summed E-state index contributed by atoms with van der Waals surface area (Å²) in [6, 6.07) is 6.12. The summed E-state index contributed by atoms with van der Waals surface area (Å²) in [4.78, 5) is 2.22. The molecule has 0 radical (unpaired) electrons. The Labute approximate surface area is 108 Å². The maximum atomic E-state index is 11.8. The molecule has 0 aliphatic rings. The molecule has 98 valence electrons. The maximum absolute atomic E-state index is 11.8. The summed E-state index contributed by atoms with van der Waals surface area (Å²) in [7, 11) is -0.826. The summed E-state index contributed by atoms with van der Waals surface area (Å²) in [5.74, 6) is 0. The molecule has 0 bridgehead atoms. The Kier molecular flexibility index (Phi) is 4.49. The third-order valence-corrected chi connectivity index (χ3v) is 5.13. The van der Waals surface area contributed by atoms with Gasteiger partial charge in [0.05, 0.1) is 15.1 Å². The summed E-state index contributed by atoms with van der Waals surface area (Å²) in [5.41, 5.74) is 7.52. The van der Waals surface area contributed by atoms with Gasteiger partial charge in [0.1, 0.15) is 0 Å². The smallest absolute Gasteiger partial charge is 0.264 e. The van der Waals surface area contributed by atoms with Crippen molar-refractivity contribution in [3.05, 3.63) is 40.3 Å². The van der Waals surface area contributed by atoms with Crippen LogP contribution in [0.2, 0.25) is 0 Å². The molecule has 0 atom stereocenters. The lowest BCUT2D eigenvalue weighted by molar-refractivity contribution is -0.150. The van der Waals surface area contributed by atoms with E-state index in [1.165, 1.54) is 26.4 Å². The van der Waals surface area contributed by atoms with Crippen LogP contribution in [0, 0.1) is 0 Å². The number of hydrogen-bond acceptors (Lipinski definition) is 4. The van der Waals surface area contributed by atoms with Gasteiger partial charge in [-0.05, 0) is 11.6 Å². The summed E-state index contributed by atoms with van der Waals surface area (Å²) in [5, 5.41) is 0. The van der Waals surface area contributed by atoms with Crippen molar-refractivity contribution in [1.82, 2.24) is 0 Å². The third kappa shape index (κ3) is 2.71. The van der Waals surface area contributed by atoms with Crippen LogP contribution in [0.1, 0.15) is 5.56 Å². The van der Waals surface area contributed by atoms with Gasteiger partial charge in [-0.25, -0.2) is 8.42 Å². The van der Waals surface area contributed by atoms with Gasteiger partial charge in [0, 0.05) is 29.2 Å². The number of sulfonamides is 1. The van der Waals surface area contributed by atoms with Crippen molar-refractivity contribution in [2.45, 2.75) is 10.3 Å². The van der Waals surface area contributed by atoms with Gasteiger partial charge in [0.2, 0.25) is 0 Å². The van der Waals surface area contributed by atoms with Crippen LogP contribution in [-0.2, 0) is 24.9 Å². The molecule has 0 aromatic heterocycles. The topological polar surface area (TPSA) is 101 Å². The largest absolute Gasteiger partial charge is 0.354 e. The van der Waals surface area contributed by atoms with Gasteiger partial charge in [-0.3, -0.25) is 0 Å². The van der Waals surface area contributed by atoms with E-state index in [9.17, 15) is 8.42 Å². The second-order valence-corrected chi connectivity index (χ2v) is 6.37. The van der Waals surface area contributed by atoms with Crippen LogP contribution < -0.4 is 0 Å². The first-order valence-corrected chi connectivity index (χ1v) is 7.36. The zero-order valence-electron chi connectivity index (χ0n) is 10.2. The summed E-state index contributed by atoms with van der Waals surface area (Å²) in [6.07, 6.45) is 0. The second-order valence-electron chi connectivity index (χ2n) is 3.50. The van der Waals surface area contributed by atoms with Gasteiger partial charge >= 0.3 is 0 Å². The highest BCUT2D eigenvalue weighted by molar-refractivity contribution is 7.90. The Hall–Kier alpha value is -1.38. The Bertz CT molecular complexity index is 579. The van der Waals surface area contributed by atoms with E-state index in [0.29, 0.717) is 15.8 Å². The number of benzene rings is 1. The number of methoxy groups -OCH3 is 2. The normalized spacial score (nSPS) is 12.1. The molecular weight excluding hydrogens is 274 g/mol. The predicted octanol–water partition coefficient (Wildman–Crippen LogP) is 0.454. The standard InChI is InChI=1S/C9H13N3O4SSi/c1-15-9(18,16-2)7-5-3-4-6-8(7)17(13,14)12-11-10/h3-6H,1-2,18H3. The van der Waals surface area contributed by atoms with Crippen molar-refractivity contribution in [1.29, 1.82) is 0 Å². The number of nitrogens with zero attached hydrogens (tertiary/aromatic N) is 3. The molecule has 1 aromatic rings. The second kappa shape index (κ2) is 5.51. The van der Waals surface area contributed by atoms with Crippen LogP contribution in [0.4, 0.5) is 0 Å². The minimum absolute atomic E-state index is 0.110. The molecule has 0 aliphatic carbocycles. The van der Waals surface area contributed by atoms with Crippen molar-refractivity contribution in [2.75, 3.05) is 14.2 Å². The van der Waals surface area contributed by atoms with E-state index in [1.54, 1.807) is 12.1 Å². The van der Waals surface area contributed by atoms with Gasteiger partial charge in [0.15, 0.2) is 5.41 Å². The molecule has 0 amide bonds. The zero-order chi connectivity index (χ0) is 13.8. The first-order valence-electron chi connectivity index (χ1n) is 4.92. The van der Waals surface area contributed by atoms with Gasteiger partial charge in [-0.15, -0.1) is 0 Å². The molecule has 0 unspecified atom stereocenters. The molecule has 0 fully saturated rings. The van der Waals surface area contributed by atoms with Crippen LogP contribution in [0.3, 0.4) is 0 Å². The Morgan fingerprint density at radius 1 is 1.33 bits per heavy atom. The van der Waals surface area contributed by atoms with Crippen molar-refractivity contribution < 1.29 is 17.9 Å². The monoisotopic (exact) mass is 287 g/mol. The van der Waals surface area contributed by atoms with Gasteiger partial charge in [0.25, 0.3) is 10.0 Å². The fraction of sp³-hybridized carbons (Fsp3) is 0.333. The number of rotatable bonds is 5. The first kappa shape index (κ1) is 14.7. The maximum Gasteiger partial charge on any atom is 0.264 e. The molecule has 0 saturated carbocycles. The average Bonchev–Trinajstić information content (AvgIpc) is 2.38. The lowest BCUT2D eigenvalue weighted by atomic mass is 10.2. The first-order chi connectivity index (χ1) is 8.41. The highest BCUT2D eigenvalue weighted by atomic mass is 32.2. The van der Waals surface area contributed by atoms with Crippen LogP contribution >= 0.6 is 0 Å². The number of azide groups is 1. The molecule has 0 spiro atoms. The van der Waals surface area contributed by atoms with Crippen LogP contribution in [0.25, 0.3) is 10.4 Å². The van der Waals surface area contributed by atoms with E-state index in [4.69, 9.17) is 15.0 Å². The average molecular weight is 287 g/mol. The Morgan fingerprint density at radius 2 is 1.89 bits per heavy atom. The molecule has 7 nitrogen and oxygen atoms in total. The highest BCUT2D eigenvalue weighted by Gasteiger charge is 2.31. The van der Waals surface area contributed by atoms with E-state index in [1.807, 2.05) is 0 Å². The lowest BCUT2D eigenvalue weighted by Crippen LogP contribution is -2.32. The van der Waals surface area contributed by atoms with Crippen LogP contribution in [0.15, 0.2) is 33.7 Å². The van der Waals surface area contributed by atoms with Crippen molar-refractivity contribution in [3.63, 3.8) is 0 Å². The van der Waals surface area contributed by atoms with Crippen molar-refractivity contribution in [2.24, 2.45) is 4.52 Å². The SMILES string of the molecule is COC([SiH3])(OC)c1ccccc1S(=O)(=O)N=[N+]=[N-]. The minimum atomic E-state index is -4.07. The Morgan fingerprint density at radius 3 is 2.39 bits per heavy atom. The third-order valence-electron chi connectivity index (χ3n) is 2.58.